The van der Waals surface area contributed by atoms with Gasteiger partial charge in [-0.1, -0.05) is 24.3 Å². The Bertz CT molecular complexity index is 968. The third-order valence-electron chi connectivity index (χ3n) is 6.84. The van der Waals surface area contributed by atoms with E-state index in [9.17, 15) is 14.7 Å². The van der Waals surface area contributed by atoms with Crippen molar-refractivity contribution in [2.75, 3.05) is 13.2 Å². The third-order valence-corrected chi connectivity index (χ3v) is 6.84. The van der Waals surface area contributed by atoms with Gasteiger partial charge in [0.1, 0.15) is 17.0 Å². The van der Waals surface area contributed by atoms with Crippen LogP contribution < -0.4 is 15.2 Å². The topological polar surface area (TPSA) is 119 Å². The van der Waals surface area contributed by atoms with Crippen LogP contribution in [0.4, 0.5) is 0 Å². The predicted molar refractivity (Wildman–Crippen MR) is 130 cm³/mol. The van der Waals surface area contributed by atoms with E-state index in [0.717, 1.165) is 34.6 Å². The largest absolute Gasteiger partial charge is 0.494 e. The summed E-state index contributed by atoms with van der Waals surface area (Å²) in [4.78, 5) is 22.4. The SMILES string of the molecule is CCOc1cccc2c1CCC(C)(C(=O)O)C2.CCOc1cccc2c1CCC(N)(C(=O)O)C2. The lowest BCUT2D eigenvalue weighted by Crippen LogP contribution is -2.52. The van der Waals surface area contributed by atoms with E-state index in [-0.39, 0.29) is 0 Å². The highest BCUT2D eigenvalue weighted by Crippen LogP contribution is 2.39. The van der Waals surface area contributed by atoms with Crippen molar-refractivity contribution in [3.8, 4) is 11.5 Å². The van der Waals surface area contributed by atoms with Crippen molar-refractivity contribution in [2.24, 2.45) is 11.1 Å². The van der Waals surface area contributed by atoms with Crippen LogP contribution in [0.25, 0.3) is 0 Å². The van der Waals surface area contributed by atoms with Crippen LogP contribution in [0.15, 0.2) is 36.4 Å². The van der Waals surface area contributed by atoms with Crippen molar-refractivity contribution >= 4 is 11.9 Å². The van der Waals surface area contributed by atoms with E-state index in [1.165, 1.54) is 5.56 Å². The molecule has 0 fully saturated rings. The minimum Gasteiger partial charge on any atom is -0.494 e. The summed E-state index contributed by atoms with van der Waals surface area (Å²) in [7, 11) is 0. The maximum atomic E-state index is 11.3. The van der Waals surface area contributed by atoms with Crippen molar-refractivity contribution in [3.05, 3.63) is 58.7 Å². The summed E-state index contributed by atoms with van der Waals surface area (Å²) in [5.74, 6) is 0.143. The van der Waals surface area contributed by atoms with E-state index in [0.29, 0.717) is 45.3 Å². The number of hydrogen-bond donors (Lipinski definition) is 3. The van der Waals surface area contributed by atoms with E-state index < -0.39 is 22.9 Å². The number of ether oxygens (including phenoxy) is 2. The summed E-state index contributed by atoms with van der Waals surface area (Å²) in [6.07, 6.45) is 3.55. The van der Waals surface area contributed by atoms with Crippen molar-refractivity contribution in [2.45, 2.75) is 64.8 Å². The van der Waals surface area contributed by atoms with Crippen LogP contribution in [0, 0.1) is 5.41 Å². The maximum Gasteiger partial charge on any atom is 0.324 e. The molecular formula is C27H35NO6. The minimum atomic E-state index is -1.13. The summed E-state index contributed by atoms with van der Waals surface area (Å²) in [6, 6.07) is 11.7. The fourth-order valence-electron chi connectivity index (χ4n) is 4.75. The number of carboxylic acids is 2. The molecule has 7 heteroatoms. The van der Waals surface area contributed by atoms with Gasteiger partial charge in [0, 0.05) is 6.42 Å². The Morgan fingerprint density at radius 2 is 1.35 bits per heavy atom. The molecule has 0 saturated carbocycles. The molecule has 0 spiro atoms. The zero-order chi connectivity index (χ0) is 24.9. The number of benzene rings is 2. The molecule has 0 heterocycles. The molecule has 2 unspecified atom stereocenters. The molecule has 0 saturated heterocycles. The average molecular weight is 470 g/mol. The highest BCUT2D eigenvalue weighted by molar-refractivity contribution is 5.79. The highest BCUT2D eigenvalue weighted by Gasteiger charge is 2.39. The van der Waals surface area contributed by atoms with Crippen LogP contribution >= 0.6 is 0 Å². The van der Waals surface area contributed by atoms with Crippen molar-refractivity contribution in [1.82, 2.24) is 0 Å². The molecule has 2 aliphatic rings. The number of fused-ring (bicyclic) bond motifs is 2. The molecular weight excluding hydrogens is 434 g/mol. The zero-order valence-electron chi connectivity index (χ0n) is 20.2. The van der Waals surface area contributed by atoms with E-state index in [1.54, 1.807) is 0 Å². The molecule has 0 aromatic heterocycles. The molecule has 0 aliphatic heterocycles. The van der Waals surface area contributed by atoms with Gasteiger partial charge in [-0.3, -0.25) is 9.59 Å². The molecule has 2 aromatic rings. The zero-order valence-corrected chi connectivity index (χ0v) is 20.2. The lowest BCUT2D eigenvalue weighted by molar-refractivity contribution is -0.148. The van der Waals surface area contributed by atoms with Crippen LogP contribution in [0.3, 0.4) is 0 Å². The normalized spacial score (nSPS) is 22.9. The monoisotopic (exact) mass is 469 g/mol. The summed E-state index contributed by atoms with van der Waals surface area (Å²) >= 11 is 0. The van der Waals surface area contributed by atoms with Gasteiger partial charge in [-0.15, -0.1) is 0 Å². The molecule has 7 nitrogen and oxygen atoms in total. The van der Waals surface area contributed by atoms with Crippen LogP contribution in [-0.2, 0) is 35.3 Å². The van der Waals surface area contributed by atoms with E-state index in [1.807, 2.05) is 57.2 Å². The highest BCUT2D eigenvalue weighted by atomic mass is 16.5. The lowest BCUT2D eigenvalue weighted by Gasteiger charge is -2.31. The van der Waals surface area contributed by atoms with Crippen LogP contribution in [0.2, 0.25) is 0 Å². The fourth-order valence-corrected chi connectivity index (χ4v) is 4.75. The van der Waals surface area contributed by atoms with Gasteiger partial charge in [0.2, 0.25) is 0 Å². The molecule has 0 radical (unpaired) electrons. The average Bonchev–Trinajstić information content (AvgIpc) is 2.80. The number of hydrogen-bond acceptors (Lipinski definition) is 5. The summed E-state index contributed by atoms with van der Waals surface area (Å²) in [5, 5.41) is 18.4. The van der Waals surface area contributed by atoms with E-state index >= 15 is 0 Å². The number of rotatable bonds is 6. The molecule has 0 bridgehead atoms. The first-order valence-corrected chi connectivity index (χ1v) is 11.9. The molecule has 2 atom stereocenters. The minimum absolute atomic E-state index is 0.374. The summed E-state index contributed by atoms with van der Waals surface area (Å²) in [5.41, 5.74) is 8.55. The van der Waals surface area contributed by atoms with E-state index in [4.69, 9.17) is 20.3 Å². The molecule has 4 N–H and O–H groups in total. The first-order valence-electron chi connectivity index (χ1n) is 11.9. The molecule has 34 heavy (non-hydrogen) atoms. The van der Waals surface area contributed by atoms with Gasteiger partial charge >= 0.3 is 11.9 Å². The number of carbonyl (C=O) groups is 2. The van der Waals surface area contributed by atoms with Crippen molar-refractivity contribution < 1.29 is 29.3 Å². The Hall–Kier alpha value is -3.06. The second-order valence-electron chi connectivity index (χ2n) is 9.33. The second-order valence-corrected chi connectivity index (χ2v) is 9.33. The van der Waals surface area contributed by atoms with Gasteiger partial charge in [-0.25, -0.2) is 0 Å². The Labute approximate surface area is 200 Å². The predicted octanol–water partition coefficient (Wildman–Crippen LogP) is 4.02. The van der Waals surface area contributed by atoms with Gasteiger partial charge in [-0.05, 0) is 87.3 Å². The first kappa shape index (κ1) is 25.6. The van der Waals surface area contributed by atoms with Crippen LogP contribution in [-0.4, -0.2) is 40.9 Å². The number of carboxylic acid groups (broad SMARTS) is 2. The molecule has 2 aliphatic carbocycles. The second kappa shape index (κ2) is 10.5. The summed E-state index contributed by atoms with van der Waals surface area (Å²) < 4.78 is 11.1. The molecule has 0 amide bonds. The molecule has 4 rings (SSSR count). The van der Waals surface area contributed by atoms with Gasteiger partial charge < -0.3 is 25.4 Å². The molecule has 184 valence electrons. The Balaban J connectivity index is 0.000000191. The summed E-state index contributed by atoms with van der Waals surface area (Å²) in [6.45, 7) is 6.98. The Kier molecular flexibility index (Phi) is 7.87. The Morgan fingerprint density at radius 3 is 1.82 bits per heavy atom. The van der Waals surface area contributed by atoms with Crippen LogP contribution in [0.1, 0.15) is 55.9 Å². The van der Waals surface area contributed by atoms with Gasteiger partial charge in [0.15, 0.2) is 0 Å². The quantitative estimate of drug-likeness (QED) is 0.584. The van der Waals surface area contributed by atoms with Gasteiger partial charge in [-0.2, -0.15) is 0 Å². The van der Waals surface area contributed by atoms with Gasteiger partial charge in [0.05, 0.1) is 18.6 Å². The van der Waals surface area contributed by atoms with Crippen LogP contribution in [0.5, 0.6) is 11.5 Å². The van der Waals surface area contributed by atoms with Crippen molar-refractivity contribution in [1.29, 1.82) is 0 Å². The Morgan fingerprint density at radius 1 is 0.853 bits per heavy atom. The smallest absolute Gasteiger partial charge is 0.324 e. The molecule has 2 aromatic carbocycles. The van der Waals surface area contributed by atoms with Gasteiger partial charge in [0.25, 0.3) is 0 Å². The number of nitrogens with two attached hydrogens (primary N) is 1. The fraction of sp³-hybridized carbons (Fsp3) is 0.481. The third kappa shape index (κ3) is 5.36. The number of aliphatic carboxylic acids is 2. The standard InChI is InChI=1S/C14H18O3.C13H17NO3/c1-3-17-12-6-4-5-10-9-14(2,13(15)16)8-7-11(10)12;1-2-17-11-5-3-4-9-8-13(14,12(15)16)7-6-10(9)11/h4-6H,3,7-9H2,1-2H3,(H,15,16);3-5H,2,6-8,14H2,1H3,(H,15,16). The van der Waals surface area contributed by atoms with Crippen molar-refractivity contribution in [3.63, 3.8) is 0 Å². The maximum absolute atomic E-state index is 11.3. The van der Waals surface area contributed by atoms with E-state index in [2.05, 4.69) is 0 Å². The lowest BCUT2D eigenvalue weighted by atomic mass is 9.73. The first-order chi connectivity index (χ1) is 16.1.